The van der Waals surface area contributed by atoms with Crippen LogP contribution in [0.4, 0.5) is 0 Å². The summed E-state index contributed by atoms with van der Waals surface area (Å²) in [5.74, 6) is 0.173. The molecule has 1 atom stereocenters. The molecule has 1 unspecified atom stereocenters. The van der Waals surface area contributed by atoms with Gasteiger partial charge in [0.2, 0.25) is 0 Å². The van der Waals surface area contributed by atoms with Crippen molar-refractivity contribution >= 4 is 5.91 Å². The van der Waals surface area contributed by atoms with E-state index in [1.54, 1.807) is 0 Å². The summed E-state index contributed by atoms with van der Waals surface area (Å²) < 4.78 is 0. The third kappa shape index (κ3) is 3.03. The Hall–Kier alpha value is -1.61. The lowest BCUT2D eigenvalue weighted by Gasteiger charge is -2.44. The molecule has 112 valence electrons. The number of carbonyl (C=O) groups excluding carboxylic acids is 1. The summed E-state index contributed by atoms with van der Waals surface area (Å²) in [6.45, 7) is 2.32. The van der Waals surface area contributed by atoms with Crippen molar-refractivity contribution in [1.29, 1.82) is 0 Å². The molecule has 1 aliphatic carbocycles. The normalized spacial score (nSPS) is 25.3. The summed E-state index contributed by atoms with van der Waals surface area (Å²) in [7, 11) is 0. The fourth-order valence-corrected chi connectivity index (χ4v) is 3.66. The molecular weight excluding hydrogens is 260 g/mol. The number of amides is 1. The van der Waals surface area contributed by atoms with E-state index in [0.717, 1.165) is 43.5 Å². The summed E-state index contributed by atoms with van der Waals surface area (Å²) in [5.41, 5.74) is 7.80. The van der Waals surface area contributed by atoms with Crippen molar-refractivity contribution in [2.45, 2.75) is 38.6 Å². The second-order valence-corrected chi connectivity index (χ2v) is 6.45. The topological polar surface area (TPSA) is 46.3 Å². The van der Waals surface area contributed by atoms with E-state index in [2.05, 4.69) is 17.1 Å². The van der Waals surface area contributed by atoms with E-state index < -0.39 is 0 Å². The fourth-order valence-electron chi connectivity index (χ4n) is 3.66. The van der Waals surface area contributed by atoms with Crippen LogP contribution < -0.4 is 5.73 Å². The Morgan fingerprint density at radius 1 is 1.19 bits per heavy atom. The lowest BCUT2D eigenvalue weighted by Crippen LogP contribution is -2.46. The minimum Gasteiger partial charge on any atom is -0.338 e. The van der Waals surface area contributed by atoms with E-state index in [9.17, 15) is 4.79 Å². The molecule has 1 spiro atoms. The Kier molecular flexibility index (Phi) is 4.11. The monoisotopic (exact) mass is 284 g/mol. The first kappa shape index (κ1) is 14.3. The van der Waals surface area contributed by atoms with Crippen LogP contribution in [-0.4, -0.2) is 23.9 Å². The number of allylic oxidation sites excluding steroid dienone is 2. The van der Waals surface area contributed by atoms with Crippen LogP contribution in [0.15, 0.2) is 36.4 Å². The first-order valence-corrected chi connectivity index (χ1v) is 7.96. The number of rotatable bonds is 2. The maximum Gasteiger partial charge on any atom is 0.253 e. The summed E-state index contributed by atoms with van der Waals surface area (Å²) in [4.78, 5) is 14.8. The molecule has 1 amide bonds. The van der Waals surface area contributed by atoms with E-state index in [1.165, 1.54) is 12.8 Å². The van der Waals surface area contributed by atoms with Gasteiger partial charge < -0.3 is 10.6 Å². The van der Waals surface area contributed by atoms with Crippen molar-refractivity contribution in [3.8, 4) is 0 Å². The van der Waals surface area contributed by atoms with E-state index >= 15 is 0 Å². The van der Waals surface area contributed by atoms with Gasteiger partial charge in [0.1, 0.15) is 0 Å². The van der Waals surface area contributed by atoms with Crippen molar-refractivity contribution in [2.24, 2.45) is 11.1 Å². The average molecular weight is 284 g/mol. The minimum absolute atomic E-state index is 0.173. The van der Waals surface area contributed by atoms with Crippen molar-refractivity contribution in [2.75, 3.05) is 13.1 Å². The van der Waals surface area contributed by atoms with Gasteiger partial charge in [-0.25, -0.2) is 0 Å². The number of nitrogens with zero attached hydrogens (tertiary/aromatic N) is 1. The molecule has 21 heavy (non-hydrogen) atoms. The molecule has 0 aromatic heterocycles. The van der Waals surface area contributed by atoms with Crippen LogP contribution in [0, 0.1) is 5.41 Å². The Morgan fingerprint density at radius 3 is 2.67 bits per heavy atom. The van der Waals surface area contributed by atoms with Crippen molar-refractivity contribution < 1.29 is 4.79 Å². The molecule has 1 fully saturated rings. The number of benzene rings is 1. The molecule has 3 nitrogen and oxygen atoms in total. The lowest BCUT2D eigenvalue weighted by atomic mass is 9.71. The number of hydrogen-bond acceptors (Lipinski definition) is 2. The Bertz CT molecular complexity index is 535. The molecular formula is C18H24N2O. The van der Waals surface area contributed by atoms with Gasteiger partial charge in [0, 0.05) is 25.2 Å². The predicted molar refractivity (Wildman–Crippen MR) is 84.9 cm³/mol. The van der Waals surface area contributed by atoms with Gasteiger partial charge in [0.05, 0.1) is 0 Å². The van der Waals surface area contributed by atoms with Gasteiger partial charge in [-0.2, -0.15) is 0 Å². The van der Waals surface area contributed by atoms with Crippen molar-refractivity contribution in [1.82, 2.24) is 4.90 Å². The standard InChI is InChI=1S/C18H24N2O/c19-13-15-5-7-16(8-6-15)17(21)20-12-4-11-18(14-20)9-2-1-3-10-18/h1-2,5-8H,3-4,9-14,19H2. The third-order valence-electron chi connectivity index (χ3n) is 4.94. The Labute approximate surface area is 126 Å². The van der Waals surface area contributed by atoms with Gasteiger partial charge in [-0.05, 0) is 55.2 Å². The number of nitrogens with two attached hydrogens (primary N) is 1. The van der Waals surface area contributed by atoms with Crippen LogP contribution in [0.5, 0.6) is 0 Å². The van der Waals surface area contributed by atoms with Crippen molar-refractivity contribution in [3.05, 3.63) is 47.5 Å². The molecule has 0 saturated carbocycles. The number of carbonyl (C=O) groups is 1. The predicted octanol–water partition coefficient (Wildman–Crippen LogP) is 3.11. The highest BCUT2D eigenvalue weighted by atomic mass is 16.2. The molecule has 1 aliphatic heterocycles. The molecule has 0 bridgehead atoms. The molecule has 2 aliphatic rings. The lowest BCUT2D eigenvalue weighted by molar-refractivity contribution is 0.0484. The van der Waals surface area contributed by atoms with Crippen LogP contribution in [0.2, 0.25) is 0 Å². The smallest absolute Gasteiger partial charge is 0.253 e. The van der Waals surface area contributed by atoms with E-state index in [1.807, 2.05) is 24.3 Å². The highest BCUT2D eigenvalue weighted by molar-refractivity contribution is 5.94. The highest BCUT2D eigenvalue weighted by Gasteiger charge is 2.36. The summed E-state index contributed by atoms with van der Waals surface area (Å²) in [5, 5.41) is 0. The van der Waals surface area contributed by atoms with E-state index in [-0.39, 0.29) is 5.91 Å². The zero-order valence-electron chi connectivity index (χ0n) is 12.6. The molecule has 3 heteroatoms. The van der Waals surface area contributed by atoms with Gasteiger partial charge in [-0.1, -0.05) is 24.3 Å². The average Bonchev–Trinajstić information content (AvgIpc) is 2.55. The molecule has 1 aromatic rings. The summed E-state index contributed by atoms with van der Waals surface area (Å²) >= 11 is 0. The molecule has 1 aromatic carbocycles. The first-order valence-electron chi connectivity index (χ1n) is 7.96. The quantitative estimate of drug-likeness (QED) is 0.848. The largest absolute Gasteiger partial charge is 0.338 e. The zero-order valence-corrected chi connectivity index (χ0v) is 12.6. The Balaban J connectivity index is 1.73. The van der Waals surface area contributed by atoms with Crippen LogP contribution in [-0.2, 0) is 6.54 Å². The first-order chi connectivity index (χ1) is 10.2. The van der Waals surface area contributed by atoms with Gasteiger partial charge >= 0.3 is 0 Å². The van der Waals surface area contributed by atoms with Crippen molar-refractivity contribution in [3.63, 3.8) is 0 Å². The van der Waals surface area contributed by atoms with Crippen LogP contribution >= 0.6 is 0 Å². The van der Waals surface area contributed by atoms with Gasteiger partial charge in [-0.3, -0.25) is 4.79 Å². The van der Waals surface area contributed by atoms with E-state index in [0.29, 0.717) is 12.0 Å². The van der Waals surface area contributed by atoms with E-state index in [4.69, 9.17) is 5.73 Å². The maximum absolute atomic E-state index is 12.7. The van der Waals surface area contributed by atoms with Gasteiger partial charge in [0.25, 0.3) is 5.91 Å². The van der Waals surface area contributed by atoms with Gasteiger partial charge in [0.15, 0.2) is 0 Å². The van der Waals surface area contributed by atoms with Gasteiger partial charge in [-0.15, -0.1) is 0 Å². The summed E-state index contributed by atoms with van der Waals surface area (Å²) in [6.07, 6.45) is 10.5. The fraction of sp³-hybridized carbons (Fsp3) is 0.500. The number of piperidine rings is 1. The molecule has 1 saturated heterocycles. The van der Waals surface area contributed by atoms with Crippen LogP contribution in [0.25, 0.3) is 0 Å². The number of hydrogen-bond donors (Lipinski definition) is 1. The number of likely N-dealkylation sites (tertiary alicyclic amines) is 1. The molecule has 3 rings (SSSR count). The molecule has 1 heterocycles. The third-order valence-corrected chi connectivity index (χ3v) is 4.94. The molecule has 2 N–H and O–H groups in total. The Morgan fingerprint density at radius 2 is 2.00 bits per heavy atom. The van der Waals surface area contributed by atoms with Crippen LogP contribution in [0.3, 0.4) is 0 Å². The SMILES string of the molecule is NCc1ccc(C(=O)N2CCCC3(CC=CCC3)C2)cc1. The summed E-state index contributed by atoms with van der Waals surface area (Å²) in [6, 6.07) is 7.73. The maximum atomic E-state index is 12.7. The molecule has 0 radical (unpaired) electrons. The highest BCUT2D eigenvalue weighted by Crippen LogP contribution is 2.41. The van der Waals surface area contributed by atoms with Crippen LogP contribution in [0.1, 0.15) is 48.0 Å². The minimum atomic E-state index is 0.173. The second-order valence-electron chi connectivity index (χ2n) is 6.45. The zero-order chi connectivity index (χ0) is 14.7. The second kappa shape index (κ2) is 6.02.